The Morgan fingerprint density at radius 2 is 2.12 bits per heavy atom. The van der Waals surface area contributed by atoms with E-state index in [0.29, 0.717) is 0 Å². The maximum absolute atomic E-state index is 12.5. The molecule has 84 valence electrons. The lowest BCUT2D eigenvalue weighted by molar-refractivity contribution is -0.137. The molecular weight excluding hydrogens is 221 g/mol. The molecule has 0 aliphatic carbocycles. The summed E-state index contributed by atoms with van der Waals surface area (Å²) >= 11 is 0. The van der Waals surface area contributed by atoms with Gasteiger partial charge in [-0.15, -0.1) is 6.42 Å². The number of benzene rings is 1. The normalized spacial score (nSPS) is 10.6. The molecule has 0 heterocycles. The highest BCUT2D eigenvalue weighted by molar-refractivity contribution is 5.78. The third kappa shape index (κ3) is 2.76. The van der Waals surface area contributed by atoms with Gasteiger partial charge < -0.3 is 4.74 Å². The van der Waals surface area contributed by atoms with Crippen molar-refractivity contribution in [2.24, 2.45) is 0 Å². The molecule has 0 saturated carbocycles. The maximum atomic E-state index is 12.5. The van der Waals surface area contributed by atoms with Gasteiger partial charge in [-0.05, 0) is 18.2 Å². The molecule has 0 fully saturated rings. The maximum Gasteiger partial charge on any atom is 0.417 e. The number of terminal acetylenes is 1. The topological polar surface area (TPSA) is 26.3 Å². The Labute approximate surface area is 90.0 Å². The summed E-state index contributed by atoms with van der Waals surface area (Å²) in [4.78, 5) is 10.4. The van der Waals surface area contributed by atoms with Crippen LogP contribution in [0.4, 0.5) is 13.2 Å². The molecule has 0 atom stereocenters. The third-order valence-corrected chi connectivity index (χ3v) is 1.78. The Bertz CT molecular complexity index is 430. The Balaban J connectivity index is 3.12. The van der Waals surface area contributed by atoms with Gasteiger partial charge in [-0.3, -0.25) is 4.79 Å². The average molecular weight is 228 g/mol. The largest absolute Gasteiger partial charge is 0.481 e. The first kappa shape index (κ1) is 12.1. The molecule has 0 N–H and O–H groups in total. The van der Waals surface area contributed by atoms with Gasteiger partial charge in [-0.25, -0.2) is 0 Å². The van der Waals surface area contributed by atoms with Crippen molar-refractivity contribution in [3.05, 3.63) is 29.3 Å². The second kappa shape index (κ2) is 4.71. The molecule has 0 unspecified atom stereocenters. The van der Waals surface area contributed by atoms with Crippen LogP contribution in [0.1, 0.15) is 15.9 Å². The van der Waals surface area contributed by atoms with Crippen LogP contribution in [0, 0.1) is 12.3 Å². The Morgan fingerprint density at radius 3 is 2.62 bits per heavy atom. The molecule has 5 heteroatoms. The molecule has 0 aromatic heterocycles. The van der Waals surface area contributed by atoms with Gasteiger partial charge in [0.15, 0.2) is 6.29 Å². The Morgan fingerprint density at radius 1 is 1.44 bits per heavy atom. The summed E-state index contributed by atoms with van der Waals surface area (Å²) in [5.74, 6) is 2.11. The summed E-state index contributed by atoms with van der Waals surface area (Å²) < 4.78 is 42.3. The highest BCUT2D eigenvalue weighted by Crippen LogP contribution is 2.33. The summed E-state index contributed by atoms with van der Waals surface area (Å²) in [6.45, 7) is -0.127. The first-order valence-corrected chi connectivity index (χ1v) is 4.21. The molecule has 0 aliphatic heterocycles. The van der Waals surface area contributed by atoms with E-state index in [1.54, 1.807) is 0 Å². The SMILES string of the molecule is C#CCOc1ccc(C=O)c(C(F)(F)F)c1. The molecule has 0 spiro atoms. The van der Waals surface area contributed by atoms with E-state index in [2.05, 4.69) is 5.92 Å². The van der Waals surface area contributed by atoms with Crippen LogP contribution in [-0.2, 0) is 6.18 Å². The van der Waals surface area contributed by atoms with Crippen LogP contribution < -0.4 is 4.74 Å². The zero-order valence-corrected chi connectivity index (χ0v) is 8.04. The summed E-state index contributed by atoms with van der Waals surface area (Å²) in [6, 6.07) is 3.05. The second-order valence-corrected chi connectivity index (χ2v) is 2.86. The lowest BCUT2D eigenvalue weighted by atomic mass is 10.1. The van der Waals surface area contributed by atoms with Gasteiger partial charge in [0.1, 0.15) is 12.4 Å². The molecular formula is C11H7F3O2. The smallest absolute Gasteiger partial charge is 0.417 e. The van der Waals surface area contributed by atoms with Crippen LogP contribution in [-0.4, -0.2) is 12.9 Å². The van der Waals surface area contributed by atoms with Gasteiger partial charge in [-0.1, -0.05) is 5.92 Å². The van der Waals surface area contributed by atoms with Crippen molar-refractivity contribution in [1.82, 2.24) is 0 Å². The number of rotatable bonds is 3. The Kier molecular flexibility index (Phi) is 3.56. The first-order valence-electron chi connectivity index (χ1n) is 4.21. The number of hydrogen-bond donors (Lipinski definition) is 0. The van der Waals surface area contributed by atoms with Crippen LogP contribution in [0.2, 0.25) is 0 Å². The summed E-state index contributed by atoms with van der Waals surface area (Å²) in [5.41, 5.74) is -1.46. The van der Waals surface area contributed by atoms with E-state index in [9.17, 15) is 18.0 Å². The molecule has 0 bridgehead atoms. The molecule has 0 amide bonds. The minimum absolute atomic E-state index is 0.0177. The van der Waals surface area contributed by atoms with E-state index in [4.69, 9.17) is 11.2 Å². The molecule has 1 aromatic carbocycles. The van der Waals surface area contributed by atoms with Gasteiger partial charge in [0.25, 0.3) is 0 Å². The summed E-state index contributed by atoms with van der Waals surface area (Å²) in [6.07, 6.45) is 0.458. The number of hydrogen-bond acceptors (Lipinski definition) is 2. The minimum Gasteiger partial charge on any atom is -0.481 e. The summed E-state index contributed by atoms with van der Waals surface area (Å²) in [5, 5.41) is 0. The highest BCUT2D eigenvalue weighted by Gasteiger charge is 2.33. The van der Waals surface area contributed by atoms with Crippen molar-refractivity contribution in [2.45, 2.75) is 6.18 Å². The number of ether oxygens (including phenoxy) is 1. The van der Waals surface area contributed by atoms with Gasteiger partial charge in [0.2, 0.25) is 0 Å². The number of carbonyl (C=O) groups excluding carboxylic acids is 1. The highest BCUT2D eigenvalue weighted by atomic mass is 19.4. The molecule has 0 radical (unpaired) electrons. The average Bonchev–Trinajstić information content (AvgIpc) is 2.24. The number of carbonyl (C=O) groups is 1. The Hall–Kier alpha value is -1.96. The van der Waals surface area contributed by atoms with E-state index in [1.165, 1.54) is 6.07 Å². The zero-order valence-electron chi connectivity index (χ0n) is 8.04. The van der Waals surface area contributed by atoms with E-state index in [1.807, 2.05) is 0 Å². The zero-order chi connectivity index (χ0) is 12.2. The standard InChI is InChI=1S/C11H7F3O2/c1-2-5-16-9-4-3-8(7-15)10(6-9)11(12,13)14/h1,3-4,6-7H,5H2. The van der Waals surface area contributed by atoms with Crippen molar-refractivity contribution < 1.29 is 22.7 Å². The molecule has 0 saturated heterocycles. The van der Waals surface area contributed by atoms with Crippen molar-refractivity contribution >= 4 is 6.29 Å². The number of halogens is 3. The summed E-state index contributed by atoms with van der Waals surface area (Å²) in [7, 11) is 0. The predicted octanol–water partition coefficient (Wildman–Crippen LogP) is 2.53. The van der Waals surface area contributed by atoms with Crippen molar-refractivity contribution in [3.8, 4) is 18.1 Å². The van der Waals surface area contributed by atoms with Crippen molar-refractivity contribution in [3.63, 3.8) is 0 Å². The van der Waals surface area contributed by atoms with E-state index < -0.39 is 17.3 Å². The number of aldehydes is 1. The van der Waals surface area contributed by atoms with Crippen LogP contribution in [0.25, 0.3) is 0 Å². The van der Waals surface area contributed by atoms with Crippen LogP contribution in [0.3, 0.4) is 0 Å². The van der Waals surface area contributed by atoms with Crippen LogP contribution in [0.5, 0.6) is 5.75 Å². The van der Waals surface area contributed by atoms with Gasteiger partial charge in [0, 0.05) is 5.56 Å². The lowest BCUT2D eigenvalue weighted by Crippen LogP contribution is -2.09. The second-order valence-electron chi connectivity index (χ2n) is 2.86. The van der Waals surface area contributed by atoms with Gasteiger partial charge in [-0.2, -0.15) is 13.2 Å². The van der Waals surface area contributed by atoms with Gasteiger partial charge in [0.05, 0.1) is 5.56 Å². The molecule has 2 nitrogen and oxygen atoms in total. The van der Waals surface area contributed by atoms with Crippen LogP contribution >= 0.6 is 0 Å². The molecule has 1 aromatic rings. The van der Waals surface area contributed by atoms with Crippen molar-refractivity contribution in [1.29, 1.82) is 0 Å². The molecule has 1 rings (SSSR count). The minimum atomic E-state index is -4.59. The van der Waals surface area contributed by atoms with E-state index in [-0.39, 0.29) is 18.6 Å². The number of alkyl halides is 3. The fraction of sp³-hybridized carbons (Fsp3) is 0.182. The van der Waals surface area contributed by atoms with Crippen molar-refractivity contribution in [2.75, 3.05) is 6.61 Å². The molecule has 16 heavy (non-hydrogen) atoms. The van der Waals surface area contributed by atoms with Gasteiger partial charge >= 0.3 is 6.18 Å². The fourth-order valence-corrected chi connectivity index (χ4v) is 1.10. The van der Waals surface area contributed by atoms with E-state index >= 15 is 0 Å². The molecule has 0 aliphatic rings. The fourth-order valence-electron chi connectivity index (χ4n) is 1.10. The quantitative estimate of drug-likeness (QED) is 0.587. The lowest BCUT2D eigenvalue weighted by Gasteiger charge is -2.11. The monoisotopic (exact) mass is 228 g/mol. The van der Waals surface area contributed by atoms with E-state index in [0.717, 1.165) is 12.1 Å². The van der Waals surface area contributed by atoms with Crippen LogP contribution in [0.15, 0.2) is 18.2 Å². The first-order chi connectivity index (χ1) is 7.49. The predicted molar refractivity (Wildman–Crippen MR) is 51.2 cm³/mol. The third-order valence-electron chi connectivity index (χ3n) is 1.78.